The molecule has 1 fully saturated rings. The summed E-state index contributed by atoms with van der Waals surface area (Å²) in [6.45, 7) is 2.03. The van der Waals surface area contributed by atoms with Crippen molar-refractivity contribution in [2.45, 2.75) is 44.6 Å². The maximum Gasteiger partial charge on any atom is 0.0943 e. The Kier molecular flexibility index (Phi) is 2.65. The minimum atomic E-state index is 0.236. The maximum atomic E-state index is 5.72. The summed E-state index contributed by atoms with van der Waals surface area (Å²) >= 11 is 1.85. The van der Waals surface area contributed by atoms with Gasteiger partial charge in [0.15, 0.2) is 0 Å². The number of rotatable bonds is 3. The molecule has 13 heavy (non-hydrogen) atoms. The van der Waals surface area contributed by atoms with Gasteiger partial charge in [0.2, 0.25) is 0 Å². The van der Waals surface area contributed by atoms with Crippen molar-refractivity contribution in [1.82, 2.24) is 4.98 Å². The Labute approximate surface area is 83.2 Å². The molecule has 1 aromatic rings. The van der Waals surface area contributed by atoms with Crippen LogP contribution in [0, 0.1) is 0 Å². The van der Waals surface area contributed by atoms with Crippen molar-refractivity contribution < 1.29 is 0 Å². The fraction of sp³-hybridized carbons (Fsp3) is 0.700. The van der Waals surface area contributed by atoms with Crippen LogP contribution in [0.3, 0.4) is 0 Å². The molecule has 2 rings (SSSR count). The van der Waals surface area contributed by atoms with Crippen LogP contribution in [-0.2, 0) is 6.42 Å². The molecule has 1 heterocycles. The topological polar surface area (TPSA) is 38.9 Å². The molecule has 0 aliphatic heterocycles. The predicted molar refractivity (Wildman–Crippen MR) is 56.1 cm³/mol. The lowest BCUT2D eigenvalue weighted by Gasteiger charge is -2.23. The molecule has 2 nitrogen and oxygen atoms in total. The van der Waals surface area contributed by atoms with Crippen LogP contribution in [0.25, 0.3) is 0 Å². The highest BCUT2D eigenvalue weighted by Crippen LogP contribution is 2.38. The Morgan fingerprint density at radius 2 is 2.46 bits per heavy atom. The van der Waals surface area contributed by atoms with Crippen LogP contribution >= 0.6 is 11.3 Å². The van der Waals surface area contributed by atoms with Crippen LogP contribution in [0.1, 0.15) is 42.0 Å². The van der Waals surface area contributed by atoms with Crippen molar-refractivity contribution >= 4 is 11.3 Å². The lowest BCUT2D eigenvalue weighted by molar-refractivity contribution is 0.425. The zero-order valence-electron chi connectivity index (χ0n) is 7.99. The van der Waals surface area contributed by atoms with E-state index in [2.05, 4.69) is 4.98 Å². The number of hydrogen-bond donors (Lipinski definition) is 1. The second kappa shape index (κ2) is 3.76. The van der Waals surface area contributed by atoms with E-state index in [0.717, 1.165) is 12.3 Å². The molecule has 3 heteroatoms. The van der Waals surface area contributed by atoms with Gasteiger partial charge in [-0.2, -0.15) is 0 Å². The summed E-state index contributed by atoms with van der Waals surface area (Å²) in [6, 6.07) is 0.236. The molecular formula is C10H16N2S. The molecule has 1 saturated carbocycles. The lowest BCUT2D eigenvalue weighted by atomic mass is 9.85. The van der Waals surface area contributed by atoms with E-state index in [4.69, 9.17) is 5.73 Å². The predicted octanol–water partition coefficient (Wildman–Crippen LogP) is 2.30. The number of thiazole rings is 1. The van der Waals surface area contributed by atoms with Gasteiger partial charge in [0.25, 0.3) is 0 Å². The molecule has 72 valence electrons. The summed E-state index contributed by atoms with van der Waals surface area (Å²) in [5.74, 6) is 0.819. The quantitative estimate of drug-likeness (QED) is 0.805. The largest absolute Gasteiger partial charge is 0.328 e. The fourth-order valence-corrected chi connectivity index (χ4v) is 2.81. The average Bonchev–Trinajstić information content (AvgIpc) is 2.31. The van der Waals surface area contributed by atoms with Gasteiger partial charge in [0.05, 0.1) is 5.01 Å². The van der Waals surface area contributed by atoms with E-state index in [0.29, 0.717) is 0 Å². The molecule has 1 unspecified atom stereocenters. The highest BCUT2D eigenvalue weighted by molar-refractivity contribution is 7.11. The van der Waals surface area contributed by atoms with Gasteiger partial charge in [-0.1, -0.05) is 6.42 Å². The normalized spacial score (nSPS) is 19.8. The van der Waals surface area contributed by atoms with E-state index in [9.17, 15) is 0 Å². The van der Waals surface area contributed by atoms with E-state index in [1.165, 1.54) is 29.1 Å². The van der Waals surface area contributed by atoms with Gasteiger partial charge in [-0.05, 0) is 25.7 Å². The van der Waals surface area contributed by atoms with Gasteiger partial charge in [-0.25, -0.2) is 4.98 Å². The van der Waals surface area contributed by atoms with Crippen molar-refractivity contribution in [1.29, 1.82) is 0 Å². The second-order valence-electron chi connectivity index (χ2n) is 3.97. The van der Waals surface area contributed by atoms with Gasteiger partial charge >= 0.3 is 0 Å². The monoisotopic (exact) mass is 196 g/mol. The smallest absolute Gasteiger partial charge is 0.0943 e. The Morgan fingerprint density at radius 1 is 1.69 bits per heavy atom. The minimum absolute atomic E-state index is 0.236. The Morgan fingerprint density at radius 3 is 3.00 bits per heavy atom. The number of nitrogens with zero attached hydrogens (tertiary/aromatic N) is 1. The number of hydrogen-bond acceptors (Lipinski definition) is 3. The summed E-state index contributed by atoms with van der Waals surface area (Å²) in [5.41, 5.74) is 5.72. The molecule has 0 bridgehead atoms. The van der Waals surface area contributed by atoms with Gasteiger partial charge in [-0.15, -0.1) is 11.3 Å². The third-order valence-corrected chi connectivity index (χ3v) is 3.76. The van der Waals surface area contributed by atoms with E-state index in [1.54, 1.807) is 0 Å². The van der Waals surface area contributed by atoms with Crippen molar-refractivity contribution in [3.63, 3.8) is 0 Å². The first-order valence-electron chi connectivity index (χ1n) is 4.96. The fourth-order valence-electron chi connectivity index (χ4n) is 1.58. The molecule has 0 aromatic carbocycles. The van der Waals surface area contributed by atoms with E-state index < -0.39 is 0 Å². The van der Waals surface area contributed by atoms with Crippen LogP contribution in [0.15, 0.2) is 6.20 Å². The lowest BCUT2D eigenvalue weighted by Crippen LogP contribution is -2.17. The summed E-state index contributed by atoms with van der Waals surface area (Å²) in [7, 11) is 0. The van der Waals surface area contributed by atoms with Crippen LogP contribution in [0.2, 0.25) is 0 Å². The molecule has 0 amide bonds. The third-order valence-electron chi connectivity index (χ3n) is 2.58. The average molecular weight is 196 g/mol. The molecule has 1 atom stereocenters. The van der Waals surface area contributed by atoms with E-state index >= 15 is 0 Å². The molecule has 0 spiro atoms. The molecule has 0 radical (unpaired) electrons. The summed E-state index contributed by atoms with van der Waals surface area (Å²) < 4.78 is 0. The first-order chi connectivity index (χ1) is 6.25. The Hall–Kier alpha value is -0.410. The van der Waals surface area contributed by atoms with Gasteiger partial charge in [-0.3, -0.25) is 0 Å². The number of nitrogens with two attached hydrogens (primary N) is 1. The number of aromatic nitrogens is 1. The molecule has 1 aliphatic rings. The van der Waals surface area contributed by atoms with E-state index in [1.807, 2.05) is 24.5 Å². The molecule has 1 aromatic heterocycles. The highest BCUT2D eigenvalue weighted by Gasteiger charge is 2.21. The summed E-state index contributed by atoms with van der Waals surface area (Å²) in [4.78, 5) is 5.87. The van der Waals surface area contributed by atoms with Gasteiger partial charge in [0.1, 0.15) is 0 Å². The zero-order chi connectivity index (χ0) is 9.26. The standard InChI is InChI=1S/C10H16N2S/c1-7(11)5-10-12-6-9(13-10)8-3-2-4-8/h6-8H,2-5,11H2,1H3. The molecular weight excluding hydrogens is 180 g/mol. The van der Waals surface area contributed by atoms with Crippen LogP contribution in [0.5, 0.6) is 0 Å². The van der Waals surface area contributed by atoms with Crippen LogP contribution in [-0.4, -0.2) is 11.0 Å². The Balaban J connectivity index is 2.00. The molecule has 2 N–H and O–H groups in total. The molecule has 1 aliphatic carbocycles. The van der Waals surface area contributed by atoms with Crippen molar-refractivity contribution in [3.8, 4) is 0 Å². The third kappa shape index (κ3) is 2.09. The highest BCUT2D eigenvalue weighted by atomic mass is 32.1. The van der Waals surface area contributed by atoms with Crippen LogP contribution < -0.4 is 5.73 Å². The van der Waals surface area contributed by atoms with Crippen LogP contribution in [0.4, 0.5) is 0 Å². The maximum absolute atomic E-state index is 5.72. The summed E-state index contributed by atoms with van der Waals surface area (Å²) in [6.07, 6.45) is 7.09. The first kappa shape index (κ1) is 9.16. The van der Waals surface area contributed by atoms with Gasteiger partial charge < -0.3 is 5.73 Å². The zero-order valence-corrected chi connectivity index (χ0v) is 8.81. The van der Waals surface area contributed by atoms with Crippen molar-refractivity contribution in [2.24, 2.45) is 5.73 Å². The van der Waals surface area contributed by atoms with E-state index in [-0.39, 0.29) is 6.04 Å². The molecule has 0 saturated heterocycles. The minimum Gasteiger partial charge on any atom is -0.328 e. The Bertz CT molecular complexity index is 276. The van der Waals surface area contributed by atoms with Gasteiger partial charge in [0, 0.05) is 23.5 Å². The summed E-state index contributed by atoms with van der Waals surface area (Å²) in [5, 5.41) is 1.21. The van der Waals surface area contributed by atoms with Crippen molar-refractivity contribution in [3.05, 3.63) is 16.1 Å². The first-order valence-corrected chi connectivity index (χ1v) is 5.77. The second-order valence-corrected chi connectivity index (χ2v) is 5.11. The SMILES string of the molecule is CC(N)Cc1ncc(C2CCC2)s1. The van der Waals surface area contributed by atoms with Crippen molar-refractivity contribution in [2.75, 3.05) is 0 Å².